The van der Waals surface area contributed by atoms with Crippen molar-refractivity contribution in [2.45, 2.75) is 37.3 Å². The van der Waals surface area contributed by atoms with Crippen LogP contribution in [-0.2, 0) is 16.1 Å². The van der Waals surface area contributed by atoms with E-state index in [1.165, 1.54) is 6.07 Å². The molecular weight excluding hydrogens is 436 g/mol. The maximum absolute atomic E-state index is 12.4. The molecule has 1 heterocycles. The van der Waals surface area contributed by atoms with Crippen molar-refractivity contribution < 1.29 is 28.6 Å². The quantitative estimate of drug-likeness (QED) is 0.467. The number of amides is 2. The van der Waals surface area contributed by atoms with Crippen molar-refractivity contribution in [2.75, 3.05) is 6.61 Å². The fourth-order valence-corrected chi connectivity index (χ4v) is 4.49. The third kappa shape index (κ3) is 4.39. The van der Waals surface area contributed by atoms with Gasteiger partial charge in [-0.2, -0.15) is 0 Å². The van der Waals surface area contributed by atoms with E-state index in [1.807, 2.05) is 24.3 Å². The number of hydrogen-bond acceptors (Lipinski definition) is 5. The number of alkyl carbamates (subject to hydrolysis) is 1. The van der Waals surface area contributed by atoms with Gasteiger partial charge in [-0.15, -0.1) is 0 Å². The van der Waals surface area contributed by atoms with Gasteiger partial charge in [0.1, 0.15) is 12.4 Å². The molecule has 1 aromatic heterocycles. The van der Waals surface area contributed by atoms with Crippen LogP contribution in [0, 0.1) is 0 Å². The first kappa shape index (κ1) is 21.8. The van der Waals surface area contributed by atoms with E-state index in [9.17, 15) is 14.4 Å². The minimum atomic E-state index is -0.953. The van der Waals surface area contributed by atoms with Crippen molar-refractivity contribution in [1.29, 1.82) is 0 Å². The number of hydrogen-bond donors (Lipinski definition) is 3. The number of carboxylic acid groups (broad SMARTS) is 1. The molecule has 8 heteroatoms. The van der Waals surface area contributed by atoms with Gasteiger partial charge in [-0.05, 0) is 47.2 Å². The molecule has 2 aliphatic carbocycles. The van der Waals surface area contributed by atoms with Crippen molar-refractivity contribution in [3.8, 4) is 11.1 Å². The summed E-state index contributed by atoms with van der Waals surface area (Å²) in [5, 5.41) is 14.4. The Balaban J connectivity index is 1.14. The minimum absolute atomic E-state index is 0.0300. The predicted molar refractivity (Wildman–Crippen MR) is 122 cm³/mol. The van der Waals surface area contributed by atoms with Gasteiger partial charge in [0.05, 0.1) is 18.5 Å². The fourth-order valence-electron chi connectivity index (χ4n) is 4.49. The lowest BCUT2D eigenvalue weighted by molar-refractivity contribution is -0.137. The average Bonchev–Trinajstić information content (AvgIpc) is 3.27. The summed E-state index contributed by atoms with van der Waals surface area (Å²) in [7, 11) is 0. The molecule has 1 fully saturated rings. The van der Waals surface area contributed by atoms with E-state index in [4.69, 9.17) is 14.3 Å². The lowest BCUT2D eigenvalue weighted by Gasteiger charge is -2.14. The number of carbonyl (C=O) groups is 3. The van der Waals surface area contributed by atoms with Gasteiger partial charge in [0.15, 0.2) is 5.76 Å². The molecule has 174 valence electrons. The molecule has 0 atom stereocenters. The summed E-state index contributed by atoms with van der Waals surface area (Å²) in [5.41, 5.74) is 3.90. The molecule has 3 aromatic rings. The first-order valence-corrected chi connectivity index (χ1v) is 11.2. The van der Waals surface area contributed by atoms with E-state index in [2.05, 4.69) is 34.9 Å². The van der Waals surface area contributed by atoms with Crippen molar-refractivity contribution in [3.05, 3.63) is 83.3 Å². The SMILES string of the molecule is O=C(O)CC1(NC(=O)c2ccc(CNC(=O)OCC3c4ccccc4-c4ccccc43)o2)CC1. The van der Waals surface area contributed by atoms with E-state index in [-0.39, 0.29) is 31.3 Å². The Morgan fingerprint density at radius 1 is 0.971 bits per heavy atom. The number of rotatable bonds is 8. The highest BCUT2D eigenvalue weighted by atomic mass is 16.5. The van der Waals surface area contributed by atoms with Crippen LogP contribution in [0.3, 0.4) is 0 Å². The molecule has 0 radical (unpaired) electrons. The highest BCUT2D eigenvalue weighted by Crippen LogP contribution is 2.44. The summed E-state index contributed by atoms with van der Waals surface area (Å²) in [4.78, 5) is 35.7. The third-order valence-corrected chi connectivity index (χ3v) is 6.36. The topological polar surface area (TPSA) is 118 Å². The molecule has 2 aromatic carbocycles. The standard InChI is InChI=1S/C26H24N2O6/c29-23(30)13-26(11-12-26)28-24(31)22-10-9-16(34-22)14-27-25(32)33-15-21-19-7-3-1-5-17(19)18-6-2-4-8-20(18)21/h1-10,21H,11-15H2,(H,27,32)(H,28,31)(H,29,30). The van der Waals surface area contributed by atoms with Gasteiger partial charge >= 0.3 is 12.1 Å². The molecule has 5 rings (SSSR count). The van der Waals surface area contributed by atoms with Gasteiger partial charge in [0.25, 0.3) is 5.91 Å². The van der Waals surface area contributed by atoms with Crippen LogP contribution in [0.5, 0.6) is 0 Å². The summed E-state index contributed by atoms with van der Waals surface area (Å²) in [6, 6.07) is 19.3. The second-order valence-corrected chi connectivity index (χ2v) is 8.75. The maximum atomic E-state index is 12.4. The fraction of sp³-hybridized carbons (Fsp3) is 0.269. The Bertz CT molecular complexity index is 1210. The van der Waals surface area contributed by atoms with Crippen LogP contribution < -0.4 is 10.6 Å². The van der Waals surface area contributed by atoms with Crippen molar-refractivity contribution in [2.24, 2.45) is 0 Å². The lowest BCUT2D eigenvalue weighted by atomic mass is 9.98. The molecule has 2 aliphatic rings. The average molecular weight is 460 g/mol. The summed E-state index contributed by atoms with van der Waals surface area (Å²) >= 11 is 0. The maximum Gasteiger partial charge on any atom is 0.407 e. The molecule has 34 heavy (non-hydrogen) atoms. The molecule has 0 bridgehead atoms. The van der Waals surface area contributed by atoms with Crippen LogP contribution >= 0.6 is 0 Å². The molecule has 0 saturated heterocycles. The number of ether oxygens (including phenoxy) is 1. The number of carboxylic acids is 1. The predicted octanol–water partition coefficient (Wildman–Crippen LogP) is 4.06. The van der Waals surface area contributed by atoms with Crippen LogP contribution in [0.1, 0.15) is 52.6 Å². The Kier molecular flexibility index (Phi) is 5.57. The van der Waals surface area contributed by atoms with E-state index in [0.29, 0.717) is 18.6 Å². The van der Waals surface area contributed by atoms with Crippen LogP contribution in [0.4, 0.5) is 4.79 Å². The van der Waals surface area contributed by atoms with Crippen LogP contribution in [-0.4, -0.2) is 35.2 Å². The van der Waals surface area contributed by atoms with Crippen LogP contribution in [0.15, 0.2) is 65.1 Å². The first-order chi connectivity index (χ1) is 16.4. The molecule has 0 spiro atoms. The zero-order chi connectivity index (χ0) is 23.7. The molecular formula is C26H24N2O6. The second-order valence-electron chi connectivity index (χ2n) is 8.75. The van der Waals surface area contributed by atoms with Crippen molar-refractivity contribution in [1.82, 2.24) is 10.6 Å². The van der Waals surface area contributed by atoms with Gasteiger partial charge in [-0.3, -0.25) is 9.59 Å². The smallest absolute Gasteiger partial charge is 0.407 e. The molecule has 3 N–H and O–H groups in total. The van der Waals surface area contributed by atoms with Gasteiger partial charge in [-0.1, -0.05) is 48.5 Å². The van der Waals surface area contributed by atoms with Crippen molar-refractivity contribution in [3.63, 3.8) is 0 Å². The molecule has 0 aliphatic heterocycles. The summed E-state index contributed by atoms with van der Waals surface area (Å²) in [6.07, 6.45) is 0.558. The number of carbonyl (C=O) groups excluding carboxylic acids is 2. The Morgan fingerprint density at radius 3 is 2.24 bits per heavy atom. The summed E-state index contributed by atoms with van der Waals surface area (Å²) in [5.74, 6) is -0.989. The highest BCUT2D eigenvalue weighted by molar-refractivity contribution is 5.92. The van der Waals surface area contributed by atoms with E-state index >= 15 is 0 Å². The third-order valence-electron chi connectivity index (χ3n) is 6.36. The zero-order valence-electron chi connectivity index (χ0n) is 18.4. The van der Waals surface area contributed by atoms with Gasteiger partial charge < -0.3 is 24.9 Å². The minimum Gasteiger partial charge on any atom is -0.481 e. The van der Waals surface area contributed by atoms with Gasteiger partial charge in [0.2, 0.25) is 0 Å². The lowest BCUT2D eigenvalue weighted by Crippen LogP contribution is -2.38. The second kappa shape index (κ2) is 8.70. The van der Waals surface area contributed by atoms with E-state index in [1.54, 1.807) is 6.07 Å². The molecule has 0 unspecified atom stereocenters. The number of fused-ring (bicyclic) bond motifs is 3. The Labute approximate surface area is 195 Å². The van der Waals surface area contributed by atoms with Gasteiger partial charge in [0, 0.05) is 5.92 Å². The van der Waals surface area contributed by atoms with Crippen LogP contribution in [0.2, 0.25) is 0 Å². The highest BCUT2D eigenvalue weighted by Gasteiger charge is 2.46. The van der Waals surface area contributed by atoms with Crippen molar-refractivity contribution >= 4 is 18.0 Å². The van der Waals surface area contributed by atoms with E-state index < -0.39 is 23.5 Å². The van der Waals surface area contributed by atoms with Crippen LogP contribution in [0.25, 0.3) is 11.1 Å². The Morgan fingerprint density at radius 2 is 1.62 bits per heavy atom. The number of aliphatic carboxylic acids is 1. The molecule has 1 saturated carbocycles. The zero-order valence-corrected chi connectivity index (χ0v) is 18.4. The Hall–Kier alpha value is -4.07. The number of furan rings is 1. The largest absolute Gasteiger partial charge is 0.481 e. The number of benzene rings is 2. The van der Waals surface area contributed by atoms with E-state index in [0.717, 1.165) is 22.3 Å². The molecule has 8 nitrogen and oxygen atoms in total. The molecule has 2 amide bonds. The normalized spacial score (nSPS) is 15.2. The first-order valence-electron chi connectivity index (χ1n) is 11.2. The van der Waals surface area contributed by atoms with Gasteiger partial charge in [-0.25, -0.2) is 4.79 Å². The summed E-state index contributed by atoms with van der Waals surface area (Å²) < 4.78 is 11.0. The monoisotopic (exact) mass is 460 g/mol. The summed E-state index contributed by atoms with van der Waals surface area (Å²) in [6.45, 7) is 0.265. The number of nitrogens with one attached hydrogen (secondary N) is 2.